The van der Waals surface area contributed by atoms with Crippen molar-refractivity contribution in [1.82, 2.24) is 35.6 Å². The van der Waals surface area contributed by atoms with Gasteiger partial charge >= 0.3 is 0 Å². The molecule has 13 nitrogen and oxygen atoms in total. The molecule has 1 aromatic heterocycles. The number of hydrogen-bond donors (Lipinski definition) is 3. The lowest BCUT2D eigenvalue weighted by Gasteiger charge is -2.26. The van der Waals surface area contributed by atoms with Crippen molar-refractivity contribution in [2.24, 2.45) is 5.92 Å². The molecular weight excluding hydrogens is 602 g/mol. The molecule has 250 valence electrons. The number of rotatable bonds is 5. The summed E-state index contributed by atoms with van der Waals surface area (Å²) in [6.07, 6.45) is 1.50. The van der Waals surface area contributed by atoms with Crippen molar-refractivity contribution in [1.29, 1.82) is 0 Å². The average molecular weight is 646 g/mol. The zero-order valence-corrected chi connectivity index (χ0v) is 27.2. The van der Waals surface area contributed by atoms with Crippen LogP contribution in [0.25, 0.3) is 0 Å². The lowest BCUT2D eigenvalue weighted by Crippen LogP contribution is -2.50. The van der Waals surface area contributed by atoms with Crippen molar-refractivity contribution in [2.75, 3.05) is 26.4 Å². The van der Waals surface area contributed by atoms with Gasteiger partial charge in [0.1, 0.15) is 18.4 Å². The van der Waals surface area contributed by atoms with E-state index in [1.807, 2.05) is 50.2 Å². The highest BCUT2D eigenvalue weighted by atomic mass is 16.7. The number of carbonyl (C=O) groups is 4. The van der Waals surface area contributed by atoms with E-state index in [0.29, 0.717) is 55.6 Å². The van der Waals surface area contributed by atoms with Crippen LogP contribution in [0.15, 0.2) is 48.5 Å². The van der Waals surface area contributed by atoms with E-state index in [-0.39, 0.29) is 62.1 Å². The fourth-order valence-corrected chi connectivity index (χ4v) is 5.75. The molecule has 47 heavy (non-hydrogen) atoms. The van der Waals surface area contributed by atoms with Gasteiger partial charge in [-0.15, -0.1) is 0 Å². The maximum atomic E-state index is 13.8. The number of aromatic nitrogens is 3. The van der Waals surface area contributed by atoms with Crippen LogP contribution in [0.4, 0.5) is 0 Å². The minimum absolute atomic E-state index is 0.0772. The minimum Gasteiger partial charge on any atom is -0.454 e. The molecule has 2 aliphatic heterocycles. The first kappa shape index (κ1) is 33.4. The molecule has 0 radical (unpaired) electrons. The van der Waals surface area contributed by atoms with Crippen LogP contribution in [-0.4, -0.2) is 75.8 Å². The topological polar surface area (TPSA) is 157 Å². The van der Waals surface area contributed by atoms with Crippen molar-refractivity contribution in [3.05, 3.63) is 71.3 Å². The molecule has 0 bridgehead atoms. The molecule has 3 N–H and O–H groups in total. The average Bonchev–Trinajstić information content (AvgIpc) is 3.65. The molecule has 0 saturated heterocycles. The summed E-state index contributed by atoms with van der Waals surface area (Å²) in [6.45, 7) is 6.81. The van der Waals surface area contributed by atoms with E-state index in [1.165, 1.54) is 4.68 Å². The molecule has 0 fully saturated rings. The van der Waals surface area contributed by atoms with Crippen molar-refractivity contribution < 1.29 is 28.7 Å². The Balaban J connectivity index is 1.35. The highest BCUT2D eigenvalue weighted by Crippen LogP contribution is 2.32. The molecule has 3 heterocycles. The van der Waals surface area contributed by atoms with Crippen LogP contribution < -0.4 is 25.4 Å². The Bertz CT molecular complexity index is 1570. The number of benzene rings is 2. The number of aryl methyl sites for hydroxylation is 1. The third kappa shape index (κ3) is 9.08. The van der Waals surface area contributed by atoms with Gasteiger partial charge in [0.05, 0.1) is 12.5 Å². The zero-order chi connectivity index (χ0) is 33.3. The fourth-order valence-electron chi connectivity index (χ4n) is 5.75. The highest BCUT2D eigenvalue weighted by molar-refractivity contribution is 5.88. The molecule has 13 heteroatoms. The lowest BCUT2D eigenvalue weighted by atomic mass is 10.0. The van der Waals surface area contributed by atoms with Crippen LogP contribution in [0.3, 0.4) is 0 Å². The molecule has 2 aliphatic rings. The van der Waals surface area contributed by atoms with Crippen molar-refractivity contribution >= 4 is 23.6 Å². The Morgan fingerprint density at radius 3 is 2.51 bits per heavy atom. The quantitative estimate of drug-likeness (QED) is 0.382. The molecule has 0 saturated carbocycles. The van der Waals surface area contributed by atoms with Gasteiger partial charge in [0.2, 0.25) is 30.4 Å². The third-order valence-corrected chi connectivity index (χ3v) is 8.18. The standard InChI is InChI=1S/C34H43N7O6/c1-22(2)32-33-36-23(3)39-41(33)20-30(43)35-14-8-16-40(31(44)19-25-12-13-27-28(18-25)47-21-46-27)15-7-11-29(42)37-26(34(45)38-32)17-24-9-5-4-6-10-24/h4-6,9-10,12-13,18,22,26,32H,7-8,11,14-17,19-21H2,1-3H3,(H,35,43)(H,37,42)(H,38,45)/t26-,32+/m1/s1. The first-order chi connectivity index (χ1) is 22.7. The smallest absolute Gasteiger partial charge is 0.243 e. The van der Waals surface area contributed by atoms with E-state index in [9.17, 15) is 19.2 Å². The lowest BCUT2D eigenvalue weighted by molar-refractivity contribution is -0.131. The number of fused-ring (bicyclic) bond motifs is 2. The van der Waals surface area contributed by atoms with E-state index in [1.54, 1.807) is 24.0 Å². The van der Waals surface area contributed by atoms with E-state index < -0.39 is 12.1 Å². The molecule has 4 amide bonds. The summed E-state index contributed by atoms with van der Waals surface area (Å²) >= 11 is 0. The summed E-state index contributed by atoms with van der Waals surface area (Å²) in [6, 6.07) is 13.5. The molecule has 2 aromatic carbocycles. The monoisotopic (exact) mass is 645 g/mol. The maximum Gasteiger partial charge on any atom is 0.243 e. The molecule has 0 spiro atoms. The van der Waals surface area contributed by atoms with Gasteiger partial charge in [0, 0.05) is 32.5 Å². The van der Waals surface area contributed by atoms with Crippen LogP contribution >= 0.6 is 0 Å². The van der Waals surface area contributed by atoms with Crippen LogP contribution in [-0.2, 0) is 38.6 Å². The predicted molar refractivity (Wildman–Crippen MR) is 172 cm³/mol. The second-order valence-corrected chi connectivity index (χ2v) is 12.3. The summed E-state index contributed by atoms with van der Waals surface area (Å²) in [5.41, 5.74) is 1.69. The molecule has 0 aliphatic carbocycles. The molecule has 2 atom stereocenters. The largest absolute Gasteiger partial charge is 0.454 e. The van der Waals surface area contributed by atoms with E-state index >= 15 is 0 Å². The summed E-state index contributed by atoms with van der Waals surface area (Å²) in [5, 5.41) is 13.4. The van der Waals surface area contributed by atoms with Gasteiger partial charge in [-0.1, -0.05) is 50.2 Å². The number of amides is 4. The highest BCUT2D eigenvalue weighted by Gasteiger charge is 2.30. The Hall–Kier alpha value is -4.94. The molecule has 3 aromatic rings. The Labute approximate surface area is 274 Å². The normalized spacial score (nSPS) is 19.7. The summed E-state index contributed by atoms with van der Waals surface area (Å²) in [5.74, 6) is 1.12. The molecular formula is C34H43N7O6. The van der Waals surface area contributed by atoms with Gasteiger partial charge in [0.15, 0.2) is 17.3 Å². The van der Waals surface area contributed by atoms with E-state index in [4.69, 9.17) is 9.47 Å². The summed E-state index contributed by atoms with van der Waals surface area (Å²) in [7, 11) is 0. The van der Waals surface area contributed by atoms with Gasteiger partial charge in [-0.25, -0.2) is 9.67 Å². The van der Waals surface area contributed by atoms with Gasteiger partial charge in [-0.2, -0.15) is 5.10 Å². The van der Waals surface area contributed by atoms with Crippen molar-refractivity contribution in [2.45, 2.75) is 71.5 Å². The molecule has 0 unspecified atom stereocenters. The summed E-state index contributed by atoms with van der Waals surface area (Å²) in [4.78, 5) is 59.8. The Morgan fingerprint density at radius 1 is 0.957 bits per heavy atom. The van der Waals surface area contributed by atoms with Crippen LogP contribution in [0.5, 0.6) is 11.5 Å². The number of ether oxygens (including phenoxy) is 2. The second-order valence-electron chi connectivity index (χ2n) is 12.3. The predicted octanol–water partition coefficient (Wildman–Crippen LogP) is 2.23. The third-order valence-electron chi connectivity index (χ3n) is 8.18. The van der Waals surface area contributed by atoms with Crippen LogP contribution in [0.1, 0.15) is 61.9 Å². The van der Waals surface area contributed by atoms with Crippen LogP contribution in [0, 0.1) is 12.8 Å². The van der Waals surface area contributed by atoms with Gasteiger partial charge < -0.3 is 30.3 Å². The van der Waals surface area contributed by atoms with E-state index in [2.05, 4.69) is 26.0 Å². The van der Waals surface area contributed by atoms with Crippen LogP contribution in [0.2, 0.25) is 0 Å². The van der Waals surface area contributed by atoms with Crippen molar-refractivity contribution in [3.63, 3.8) is 0 Å². The number of hydrogen-bond acceptors (Lipinski definition) is 8. The van der Waals surface area contributed by atoms with Crippen molar-refractivity contribution in [3.8, 4) is 11.5 Å². The van der Waals surface area contributed by atoms with Gasteiger partial charge in [-0.05, 0) is 48.9 Å². The van der Waals surface area contributed by atoms with Gasteiger partial charge in [-0.3, -0.25) is 19.2 Å². The fraction of sp³-hybridized carbons (Fsp3) is 0.471. The number of nitrogens with one attached hydrogen (secondary N) is 3. The maximum absolute atomic E-state index is 13.8. The number of nitrogens with zero attached hydrogens (tertiary/aromatic N) is 4. The minimum atomic E-state index is -0.852. The summed E-state index contributed by atoms with van der Waals surface area (Å²) < 4.78 is 12.4. The zero-order valence-electron chi connectivity index (χ0n) is 27.2. The molecule has 5 rings (SSSR count). The number of carbonyl (C=O) groups excluding carboxylic acids is 4. The SMILES string of the molecule is Cc1nc2n(n1)CC(=O)NCCCN(C(=O)Cc1ccc3c(c1)OCO3)CCCC(=O)N[C@H](Cc1ccccc1)C(=O)N[C@H]2C(C)C. The second kappa shape index (κ2) is 15.6. The van der Waals surface area contributed by atoms with E-state index in [0.717, 1.165) is 11.1 Å². The van der Waals surface area contributed by atoms with Gasteiger partial charge in [0.25, 0.3) is 0 Å². The Morgan fingerprint density at radius 2 is 1.72 bits per heavy atom. The Kier molecular flexibility index (Phi) is 11.1. The first-order valence-electron chi connectivity index (χ1n) is 16.1. The first-order valence-corrected chi connectivity index (χ1v) is 16.1.